The number of aliphatic hydroxyl groups excluding tert-OH is 1. The number of ether oxygens (including phenoxy) is 1. The highest BCUT2D eigenvalue weighted by Crippen LogP contribution is 2.22. The highest BCUT2D eigenvalue weighted by Gasteiger charge is 2.42. The molecule has 0 saturated carbocycles. The fraction of sp³-hybridized carbons (Fsp3) is 0.500. The van der Waals surface area contributed by atoms with Gasteiger partial charge in [-0.05, 0) is 30.2 Å². The number of aliphatic hydroxyl groups is 1. The molecule has 26 heavy (non-hydrogen) atoms. The van der Waals surface area contributed by atoms with Crippen molar-refractivity contribution >= 4 is 33.7 Å². The number of amides is 2. The highest BCUT2D eigenvalue weighted by atomic mass is 79.9. The Labute approximate surface area is 160 Å². The molecule has 2 amide bonds. The van der Waals surface area contributed by atoms with Crippen molar-refractivity contribution in [3.63, 3.8) is 0 Å². The first-order chi connectivity index (χ1) is 12.2. The number of hydrogen-bond acceptors (Lipinski definition) is 5. The highest BCUT2D eigenvalue weighted by molar-refractivity contribution is 9.10. The molecule has 1 aliphatic rings. The number of nitrogens with zero attached hydrogens (tertiary/aromatic N) is 1. The Bertz CT molecular complexity index is 677. The van der Waals surface area contributed by atoms with E-state index in [1.54, 1.807) is 24.3 Å². The van der Waals surface area contributed by atoms with Crippen LogP contribution in [0.25, 0.3) is 0 Å². The third-order valence-corrected chi connectivity index (χ3v) is 4.89. The third-order valence-electron chi connectivity index (χ3n) is 4.36. The summed E-state index contributed by atoms with van der Waals surface area (Å²) in [7, 11) is 1.24. The predicted octanol–water partition coefficient (Wildman–Crippen LogP) is 1.34. The minimum atomic E-state index is -0.840. The first-order valence-electron chi connectivity index (χ1n) is 8.37. The van der Waals surface area contributed by atoms with Crippen LogP contribution in [0.1, 0.15) is 30.6 Å². The van der Waals surface area contributed by atoms with Gasteiger partial charge in [0.2, 0.25) is 5.91 Å². The molecule has 2 rings (SSSR count). The summed E-state index contributed by atoms with van der Waals surface area (Å²) in [6, 6.07) is 5.13. The van der Waals surface area contributed by atoms with Crippen LogP contribution in [0.4, 0.5) is 0 Å². The fourth-order valence-electron chi connectivity index (χ4n) is 2.93. The molecule has 1 unspecified atom stereocenters. The standard InChI is InChI=1S/C18H23BrN2O5/c1-10(2)15(20-16(23)11-4-6-12(19)7-5-11)17(24)21-9-13(22)8-14(21)18(25)26-3/h4-7,10,13-15,22H,8-9H2,1-3H3,(H,20,23)/t13?,14-,15-/m0/s1. The van der Waals surface area contributed by atoms with Crippen molar-refractivity contribution in [1.82, 2.24) is 10.2 Å². The average molecular weight is 427 g/mol. The number of esters is 1. The first-order valence-corrected chi connectivity index (χ1v) is 9.16. The molecule has 8 heteroatoms. The summed E-state index contributed by atoms with van der Waals surface area (Å²) in [4.78, 5) is 38.7. The van der Waals surface area contributed by atoms with Gasteiger partial charge in [0.1, 0.15) is 12.1 Å². The Balaban J connectivity index is 2.17. The van der Waals surface area contributed by atoms with Gasteiger partial charge >= 0.3 is 5.97 Å². The minimum Gasteiger partial charge on any atom is -0.467 e. The molecule has 1 aliphatic heterocycles. The second-order valence-corrected chi connectivity index (χ2v) is 7.54. The number of likely N-dealkylation sites (tertiary alicyclic amines) is 1. The van der Waals surface area contributed by atoms with Crippen molar-refractivity contribution in [2.75, 3.05) is 13.7 Å². The maximum Gasteiger partial charge on any atom is 0.328 e. The third kappa shape index (κ3) is 4.62. The van der Waals surface area contributed by atoms with Gasteiger partial charge in [0.05, 0.1) is 13.2 Å². The molecule has 1 heterocycles. The molecule has 0 radical (unpaired) electrons. The summed E-state index contributed by atoms with van der Waals surface area (Å²) in [6.45, 7) is 3.66. The zero-order valence-electron chi connectivity index (χ0n) is 14.9. The predicted molar refractivity (Wildman–Crippen MR) is 98.4 cm³/mol. The summed E-state index contributed by atoms with van der Waals surface area (Å²) in [5, 5.41) is 12.6. The maximum absolute atomic E-state index is 13.0. The van der Waals surface area contributed by atoms with E-state index in [0.717, 1.165) is 4.47 Å². The molecule has 1 fully saturated rings. The summed E-state index contributed by atoms with van der Waals surface area (Å²) in [6.07, 6.45) is -0.665. The lowest BCUT2D eigenvalue weighted by Crippen LogP contribution is -2.54. The van der Waals surface area contributed by atoms with Crippen molar-refractivity contribution in [2.45, 2.75) is 38.5 Å². The number of methoxy groups -OCH3 is 1. The van der Waals surface area contributed by atoms with Crippen LogP contribution in [0.5, 0.6) is 0 Å². The van der Waals surface area contributed by atoms with Gasteiger partial charge in [0.25, 0.3) is 5.91 Å². The van der Waals surface area contributed by atoms with Gasteiger partial charge < -0.3 is 20.1 Å². The van der Waals surface area contributed by atoms with E-state index in [1.165, 1.54) is 12.0 Å². The Morgan fingerprint density at radius 2 is 1.88 bits per heavy atom. The lowest BCUT2D eigenvalue weighted by atomic mass is 10.0. The second-order valence-electron chi connectivity index (χ2n) is 6.62. The number of hydrogen-bond donors (Lipinski definition) is 2. The number of nitrogens with one attached hydrogen (secondary N) is 1. The molecule has 0 spiro atoms. The Kier molecular flexibility index (Phi) is 6.77. The van der Waals surface area contributed by atoms with E-state index in [2.05, 4.69) is 21.2 Å². The number of carbonyl (C=O) groups is 3. The van der Waals surface area contributed by atoms with Crippen LogP contribution in [-0.2, 0) is 14.3 Å². The summed E-state index contributed by atoms with van der Waals surface area (Å²) in [5.74, 6) is -1.55. The number of β-amino-alcohol motifs (C(OH)–C–C–N with tert-alkyl or cyclic N) is 1. The van der Waals surface area contributed by atoms with Gasteiger partial charge in [-0.3, -0.25) is 9.59 Å². The number of benzene rings is 1. The fourth-order valence-corrected chi connectivity index (χ4v) is 3.20. The van der Waals surface area contributed by atoms with Crippen molar-refractivity contribution in [1.29, 1.82) is 0 Å². The topological polar surface area (TPSA) is 95.9 Å². The zero-order valence-corrected chi connectivity index (χ0v) is 16.5. The van der Waals surface area contributed by atoms with Gasteiger partial charge in [-0.1, -0.05) is 29.8 Å². The SMILES string of the molecule is COC(=O)[C@@H]1CC(O)CN1C(=O)[C@@H](NC(=O)c1ccc(Br)cc1)C(C)C. The Morgan fingerprint density at radius 3 is 2.42 bits per heavy atom. The normalized spacial score (nSPS) is 20.8. The largest absolute Gasteiger partial charge is 0.467 e. The van der Waals surface area contributed by atoms with Crippen LogP contribution in [-0.4, -0.2) is 59.6 Å². The molecule has 142 valence electrons. The molecule has 7 nitrogen and oxygen atoms in total. The lowest BCUT2D eigenvalue weighted by Gasteiger charge is -2.29. The first kappa shape index (κ1) is 20.4. The summed E-state index contributed by atoms with van der Waals surface area (Å²) >= 11 is 3.31. The van der Waals surface area contributed by atoms with Crippen LogP contribution in [0.15, 0.2) is 28.7 Å². The van der Waals surface area contributed by atoms with E-state index in [4.69, 9.17) is 4.74 Å². The van der Waals surface area contributed by atoms with Gasteiger partial charge in [0.15, 0.2) is 0 Å². The molecule has 3 atom stereocenters. The van der Waals surface area contributed by atoms with Gasteiger partial charge in [-0.2, -0.15) is 0 Å². The van der Waals surface area contributed by atoms with Crippen molar-refractivity contribution in [3.8, 4) is 0 Å². The number of halogens is 1. The van der Waals surface area contributed by atoms with Crippen molar-refractivity contribution in [3.05, 3.63) is 34.3 Å². The second kappa shape index (κ2) is 8.64. The number of rotatable bonds is 5. The van der Waals surface area contributed by atoms with Gasteiger partial charge in [0, 0.05) is 23.0 Å². The zero-order chi connectivity index (χ0) is 19.4. The van der Waals surface area contributed by atoms with E-state index in [-0.39, 0.29) is 24.8 Å². The van der Waals surface area contributed by atoms with Gasteiger partial charge in [-0.25, -0.2) is 4.79 Å². The smallest absolute Gasteiger partial charge is 0.328 e. The van der Waals surface area contributed by atoms with E-state index in [9.17, 15) is 19.5 Å². The van der Waals surface area contributed by atoms with Crippen LogP contribution in [0.3, 0.4) is 0 Å². The molecule has 1 aromatic carbocycles. The molecular weight excluding hydrogens is 404 g/mol. The maximum atomic E-state index is 13.0. The van der Waals surface area contributed by atoms with Crippen molar-refractivity contribution in [2.24, 2.45) is 5.92 Å². The van der Waals surface area contributed by atoms with E-state index < -0.39 is 30.1 Å². The van der Waals surface area contributed by atoms with E-state index in [1.807, 2.05) is 13.8 Å². The Hall–Kier alpha value is -1.93. The molecule has 1 aromatic rings. The molecule has 2 N–H and O–H groups in total. The average Bonchev–Trinajstić information content (AvgIpc) is 3.00. The van der Waals surface area contributed by atoms with Crippen LogP contribution in [0, 0.1) is 5.92 Å². The minimum absolute atomic E-state index is 0.0377. The molecule has 0 bridgehead atoms. The molecule has 0 aliphatic carbocycles. The molecule has 0 aromatic heterocycles. The Morgan fingerprint density at radius 1 is 1.27 bits per heavy atom. The van der Waals surface area contributed by atoms with Crippen LogP contribution >= 0.6 is 15.9 Å². The van der Waals surface area contributed by atoms with E-state index >= 15 is 0 Å². The number of carbonyl (C=O) groups excluding carboxylic acids is 3. The van der Waals surface area contributed by atoms with Crippen LogP contribution in [0.2, 0.25) is 0 Å². The van der Waals surface area contributed by atoms with Crippen LogP contribution < -0.4 is 5.32 Å². The van der Waals surface area contributed by atoms with E-state index in [0.29, 0.717) is 5.56 Å². The lowest BCUT2D eigenvalue weighted by molar-refractivity contribution is -0.151. The molecule has 1 saturated heterocycles. The van der Waals surface area contributed by atoms with Crippen molar-refractivity contribution < 1.29 is 24.2 Å². The van der Waals surface area contributed by atoms with Gasteiger partial charge in [-0.15, -0.1) is 0 Å². The quantitative estimate of drug-likeness (QED) is 0.692. The molecular formula is C18H23BrN2O5. The monoisotopic (exact) mass is 426 g/mol. The summed E-state index contributed by atoms with van der Waals surface area (Å²) < 4.78 is 5.57. The summed E-state index contributed by atoms with van der Waals surface area (Å²) in [5.41, 5.74) is 0.428.